The molecule has 0 spiro atoms. The standard InChI is InChI=1S/C15H20N4OS/c1-3-4-9-21-15-18-17-14(19(15)2)12-7-5-11(6-8-12)10-13(16)20/h5-8H,3-4,9-10H2,1-2H3,(H2,16,20). The van der Waals surface area contributed by atoms with Crippen molar-refractivity contribution in [3.05, 3.63) is 29.8 Å². The smallest absolute Gasteiger partial charge is 0.221 e. The van der Waals surface area contributed by atoms with Crippen LogP contribution < -0.4 is 5.73 Å². The van der Waals surface area contributed by atoms with Gasteiger partial charge in [0, 0.05) is 18.4 Å². The largest absolute Gasteiger partial charge is 0.369 e. The van der Waals surface area contributed by atoms with E-state index in [1.54, 1.807) is 11.8 Å². The summed E-state index contributed by atoms with van der Waals surface area (Å²) in [6, 6.07) is 7.70. The lowest BCUT2D eigenvalue weighted by atomic mass is 10.1. The Kier molecular flexibility index (Phi) is 5.38. The van der Waals surface area contributed by atoms with E-state index >= 15 is 0 Å². The summed E-state index contributed by atoms with van der Waals surface area (Å²) in [5, 5.41) is 9.42. The molecule has 0 bridgehead atoms. The maximum atomic E-state index is 10.9. The first-order valence-corrected chi connectivity index (χ1v) is 8.00. The van der Waals surface area contributed by atoms with E-state index in [-0.39, 0.29) is 12.3 Å². The van der Waals surface area contributed by atoms with Gasteiger partial charge in [-0.3, -0.25) is 4.79 Å². The third-order valence-electron chi connectivity index (χ3n) is 3.15. The monoisotopic (exact) mass is 304 g/mol. The summed E-state index contributed by atoms with van der Waals surface area (Å²) in [5.74, 6) is 1.57. The average Bonchev–Trinajstić information content (AvgIpc) is 2.81. The molecule has 0 fully saturated rings. The highest BCUT2D eigenvalue weighted by atomic mass is 32.2. The van der Waals surface area contributed by atoms with Gasteiger partial charge in [-0.25, -0.2) is 0 Å². The van der Waals surface area contributed by atoms with Crippen LogP contribution in [0.15, 0.2) is 29.4 Å². The van der Waals surface area contributed by atoms with Gasteiger partial charge < -0.3 is 10.3 Å². The zero-order valence-electron chi connectivity index (χ0n) is 12.4. The van der Waals surface area contributed by atoms with E-state index in [1.807, 2.05) is 35.9 Å². The molecule has 1 amide bonds. The summed E-state index contributed by atoms with van der Waals surface area (Å²) in [7, 11) is 1.97. The Morgan fingerprint density at radius 2 is 2.00 bits per heavy atom. The van der Waals surface area contributed by atoms with Crippen molar-refractivity contribution < 1.29 is 4.79 Å². The Bertz CT molecular complexity index is 607. The number of hydrogen-bond donors (Lipinski definition) is 1. The highest BCUT2D eigenvalue weighted by Gasteiger charge is 2.11. The lowest BCUT2D eigenvalue weighted by molar-refractivity contribution is -0.117. The SMILES string of the molecule is CCCCSc1nnc(-c2ccc(CC(N)=O)cc2)n1C. The maximum absolute atomic E-state index is 10.9. The number of benzene rings is 1. The van der Waals surface area contributed by atoms with E-state index in [0.29, 0.717) is 0 Å². The molecule has 21 heavy (non-hydrogen) atoms. The zero-order valence-corrected chi connectivity index (χ0v) is 13.2. The highest BCUT2D eigenvalue weighted by molar-refractivity contribution is 7.99. The van der Waals surface area contributed by atoms with Gasteiger partial charge in [-0.05, 0) is 12.0 Å². The number of aromatic nitrogens is 3. The first kappa shape index (κ1) is 15.6. The van der Waals surface area contributed by atoms with Crippen LogP contribution in [0.3, 0.4) is 0 Å². The quantitative estimate of drug-likeness (QED) is 0.629. The summed E-state index contributed by atoms with van der Waals surface area (Å²) >= 11 is 1.73. The maximum Gasteiger partial charge on any atom is 0.221 e. The van der Waals surface area contributed by atoms with Crippen LogP contribution in [-0.2, 0) is 18.3 Å². The van der Waals surface area contributed by atoms with Gasteiger partial charge in [0.05, 0.1) is 6.42 Å². The first-order chi connectivity index (χ1) is 10.1. The van der Waals surface area contributed by atoms with E-state index in [1.165, 1.54) is 12.8 Å². The number of carbonyl (C=O) groups excluding carboxylic acids is 1. The number of nitrogens with zero attached hydrogens (tertiary/aromatic N) is 3. The molecule has 6 heteroatoms. The van der Waals surface area contributed by atoms with Gasteiger partial charge in [-0.2, -0.15) is 0 Å². The van der Waals surface area contributed by atoms with Crippen LogP contribution in [0.4, 0.5) is 0 Å². The van der Waals surface area contributed by atoms with Crippen molar-refractivity contribution in [2.45, 2.75) is 31.3 Å². The Balaban J connectivity index is 2.12. The Labute approximate surface area is 128 Å². The molecule has 0 saturated heterocycles. The summed E-state index contributed by atoms with van der Waals surface area (Å²) in [4.78, 5) is 10.9. The van der Waals surface area contributed by atoms with Crippen LogP contribution in [0.2, 0.25) is 0 Å². The van der Waals surface area contributed by atoms with Crippen molar-refractivity contribution in [1.82, 2.24) is 14.8 Å². The normalized spacial score (nSPS) is 10.8. The molecule has 0 atom stereocenters. The van der Waals surface area contributed by atoms with Gasteiger partial charge in [-0.15, -0.1) is 10.2 Å². The zero-order chi connectivity index (χ0) is 15.2. The number of rotatable bonds is 7. The van der Waals surface area contributed by atoms with Crippen LogP contribution >= 0.6 is 11.8 Å². The van der Waals surface area contributed by atoms with Crippen molar-refractivity contribution in [3.8, 4) is 11.4 Å². The van der Waals surface area contributed by atoms with E-state index in [2.05, 4.69) is 17.1 Å². The van der Waals surface area contributed by atoms with Crippen LogP contribution in [0.25, 0.3) is 11.4 Å². The number of hydrogen-bond acceptors (Lipinski definition) is 4. The van der Waals surface area contributed by atoms with Gasteiger partial charge in [0.1, 0.15) is 0 Å². The van der Waals surface area contributed by atoms with Crippen LogP contribution in [0.5, 0.6) is 0 Å². The molecule has 0 aliphatic rings. The summed E-state index contributed by atoms with van der Waals surface area (Å²) in [6.45, 7) is 2.18. The number of nitrogens with two attached hydrogens (primary N) is 1. The average molecular weight is 304 g/mol. The van der Waals surface area contributed by atoms with Gasteiger partial charge in [0.15, 0.2) is 11.0 Å². The minimum atomic E-state index is -0.323. The molecule has 0 aliphatic carbocycles. The topological polar surface area (TPSA) is 73.8 Å². The third-order valence-corrected chi connectivity index (χ3v) is 4.26. The van der Waals surface area contributed by atoms with Crippen LogP contribution in [0.1, 0.15) is 25.3 Å². The van der Waals surface area contributed by atoms with Crippen LogP contribution in [0, 0.1) is 0 Å². The molecule has 1 aromatic heterocycles. The second-order valence-electron chi connectivity index (χ2n) is 4.91. The number of thioether (sulfide) groups is 1. The van der Waals surface area contributed by atoms with Crippen molar-refractivity contribution in [2.75, 3.05) is 5.75 Å². The van der Waals surface area contributed by atoms with E-state index < -0.39 is 0 Å². The van der Waals surface area contributed by atoms with Gasteiger partial charge >= 0.3 is 0 Å². The Morgan fingerprint density at radius 1 is 1.29 bits per heavy atom. The molecule has 2 rings (SSSR count). The number of primary amides is 1. The minimum Gasteiger partial charge on any atom is -0.369 e. The molecule has 0 aliphatic heterocycles. The van der Waals surface area contributed by atoms with E-state index in [4.69, 9.17) is 5.73 Å². The second kappa shape index (κ2) is 7.26. The van der Waals surface area contributed by atoms with Gasteiger partial charge in [0.25, 0.3) is 0 Å². The van der Waals surface area contributed by atoms with Crippen molar-refractivity contribution >= 4 is 17.7 Å². The predicted molar refractivity (Wildman–Crippen MR) is 85.0 cm³/mol. The number of carbonyl (C=O) groups is 1. The minimum absolute atomic E-state index is 0.261. The van der Waals surface area contributed by atoms with Gasteiger partial charge in [0.2, 0.25) is 5.91 Å². The molecule has 1 heterocycles. The Morgan fingerprint density at radius 3 is 2.62 bits per heavy atom. The van der Waals surface area contributed by atoms with Gasteiger partial charge in [-0.1, -0.05) is 49.4 Å². The molecule has 2 aromatic rings. The third kappa shape index (κ3) is 4.07. The van der Waals surface area contributed by atoms with Crippen molar-refractivity contribution in [2.24, 2.45) is 12.8 Å². The fourth-order valence-corrected chi connectivity index (χ4v) is 2.97. The highest BCUT2D eigenvalue weighted by Crippen LogP contribution is 2.23. The fourth-order valence-electron chi connectivity index (χ4n) is 1.97. The van der Waals surface area contributed by atoms with Crippen molar-refractivity contribution in [1.29, 1.82) is 0 Å². The summed E-state index contributed by atoms with van der Waals surface area (Å²) < 4.78 is 2.00. The predicted octanol–water partition coefficient (Wildman–Crippen LogP) is 2.40. The summed E-state index contributed by atoms with van der Waals surface area (Å²) in [5.41, 5.74) is 7.09. The van der Waals surface area contributed by atoms with E-state index in [9.17, 15) is 4.79 Å². The number of unbranched alkanes of at least 4 members (excludes halogenated alkanes) is 1. The molecule has 0 unspecified atom stereocenters. The van der Waals surface area contributed by atoms with Crippen molar-refractivity contribution in [3.63, 3.8) is 0 Å². The first-order valence-electron chi connectivity index (χ1n) is 7.01. The molecular weight excluding hydrogens is 284 g/mol. The second-order valence-corrected chi connectivity index (χ2v) is 5.97. The molecular formula is C15H20N4OS. The van der Waals surface area contributed by atoms with Crippen LogP contribution in [-0.4, -0.2) is 26.4 Å². The molecule has 0 radical (unpaired) electrons. The number of amides is 1. The molecule has 5 nitrogen and oxygen atoms in total. The van der Waals surface area contributed by atoms with E-state index in [0.717, 1.165) is 27.9 Å². The molecule has 0 saturated carbocycles. The lowest BCUT2D eigenvalue weighted by Crippen LogP contribution is -2.13. The molecule has 112 valence electrons. The Hall–Kier alpha value is -1.82. The fraction of sp³-hybridized carbons (Fsp3) is 0.400. The molecule has 1 aromatic carbocycles. The molecule has 2 N–H and O–H groups in total. The summed E-state index contributed by atoms with van der Waals surface area (Å²) in [6.07, 6.45) is 2.62. The lowest BCUT2D eigenvalue weighted by Gasteiger charge is -2.04.